The first-order chi connectivity index (χ1) is 9.65. The van der Waals surface area contributed by atoms with E-state index in [9.17, 15) is 9.18 Å². The van der Waals surface area contributed by atoms with Crippen molar-refractivity contribution in [1.29, 1.82) is 0 Å². The molecule has 0 bridgehead atoms. The minimum absolute atomic E-state index is 0.196. The third-order valence-corrected chi connectivity index (χ3v) is 3.72. The van der Waals surface area contributed by atoms with Crippen molar-refractivity contribution in [2.75, 3.05) is 0 Å². The number of hydrogen-bond donors (Lipinski definition) is 0. The van der Waals surface area contributed by atoms with Gasteiger partial charge in [0.1, 0.15) is 5.82 Å². The Morgan fingerprint density at radius 2 is 2.15 bits per heavy atom. The fraction of sp³-hybridized carbons (Fsp3) is 0.0714. The van der Waals surface area contributed by atoms with Crippen molar-refractivity contribution in [1.82, 2.24) is 14.8 Å². The quantitative estimate of drug-likeness (QED) is 0.724. The number of benzene rings is 1. The number of aromatic nitrogens is 3. The Hall–Kier alpha value is -2.08. The molecule has 0 amide bonds. The van der Waals surface area contributed by atoms with Crippen LogP contribution in [-0.4, -0.2) is 14.8 Å². The molecule has 0 aliphatic carbocycles. The predicted octanol–water partition coefficient (Wildman–Crippen LogP) is 2.74. The molecule has 0 atom stereocenters. The third kappa shape index (κ3) is 2.34. The van der Waals surface area contributed by atoms with Crippen molar-refractivity contribution in [3.8, 4) is 0 Å². The number of nitrogens with zero attached hydrogens (tertiary/aromatic N) is 3. The van der Waals surface area contributed by atoms with Gasteiger partial charge in [0.2, 0.25) is 0 Å². The molecule has 2 heterocycles. The molecule has 3 aromatic rings. The van der Waals surface area contributed by atoms with E-state index in [1.54, 1.807) is 24.4 Å². The van der Waals surface area contributed by atoms with Gasteiger partial charge < -0.3 is 0 Å². The van der Waals surface area contributed by atoms with Crippen LogP contribution >= 0.6 is 15.9 Å². The molecule has 4 nitrogen and oxygen atoms in total. The van der Waals surface area contributed by atoms with Gasteiger partial charge in [-0.15, -0.1) is 0 Å². The maximum absolute atomic E-state index is 13.3. The zero-order valence-corrected chi connectivity index (χ0v) is 11.8. The first-order valence-corrected chi connectivity index (χ1v) is 6.69. The van der Waals surface area contributed by atoms with Crippen LogP contribution in [0.2, 0.25) is 0 Å². The average molecular weight is 334 g/mol. The summed E-state index contributed by atoms with van der Waals surface area (Å²) in [6.07, 6.45) is 3.14. The molecule has 20 heavy (non-hydrogen) atoms. The number of halogens is 2. The zero-order valence-electron chi connectivity index (χ0n) is 10.3. The summed E-state index contributed by atoms with van der Waals surface area (Å²) >= 11 is 3.34. The molecular formula is C14H9BrFN3O. The van der Waals surface area contributed by atoms with Gasteiger partial charge in [-0.25, -0.2) is 9.07 Å². The van der Waals surface area contributed by atoms with E-state index < -0.39 is 0 Å². The van der Waals surface area contributed by atoms with Gasteiger partial charge in [-0.1, -0.05) is 15.9 Å². The molecule has 0 unspecified atom stereocenters. The van der Waals surface area contributed by atoms with Crippen LogP contribution in [0.4, 0.5) is 4.39 Å². The molecule has 0 radical (unpaired) electrons. The lowest BCUT2D eigenvalue weighted by molar-refractivity contribution is 0.611. The van der Waals surface area contributed by atoms with Crippen molar-refractivity contribution in [3.63, 3.8) is 0 Å². The summed E-state index contributed by atoms with van der Waals surface area (Å²) < 4.78 is 15.3. The molecule has 2 aromatic heterocycles. The Bertz CT molecular complexity index is 847. The number of rotatable bonds is 2. The molecular weight excluding hydrogens is 325 g/mol. The lowest BCUT2D eigenvalue weighted by Crippen LogP contribution is -2.23. The van der Waals surface area contributed by atoms with E-state index in [1.807, 2.05) is 0 Å². The van der Waals surface area contributed by atoms with Crippen molar-refractivity contribution in [2.45, 2.75) is 6.54 Å². The molecule has 0 aliphatic rings. The molecule has 0 aliphatic heterocycles. The van der Waals surface area contributed by atoms with Crippen molar-refractivity contribution in [2.24, 2.45) is 0 Å². The second-order valence-corrected chi connectivity index (χ2v) is 5.13. The Kier molecular flexibility index (Phi) is 3.31. The number of hydrogen-bond acceptors (Lipinski definition) is 3. The average Bonchev–Trinajstić information content (AvgIpc) is 2.46. The summed E-state index contributed by atoms with van der Waals surface area (Å²) in [6.45, 7) is 0.196. The molecule has 0 fully saturated rings. The first kappa shape index (κ1) is 12.9. The monoisotopic (exact) mass is 333 g/mol. The van der Waals surface area contributed by atoms with Gasteiger partial charge in [-0.05, 0) is 35.9 Å². The predicted molar refractivity (Wildman–Crippen MR) is 77.0 cm³/mol. The molecule has 0 spiro atoms. The topological polar surface area (TPSA) is 47.8 Å². The summed E-state index contributed by atoms with van der Waals surface area (Å²) in [4.78, 5) is 16.4. The Balaban J connectivity index is 2.09. The maximum Gasteiger partial charge on any atom is 0.276 e. The summed E-state index contributed by atoms with van der Waals surface area (Å²) in [5, 5.41) is 4.57. The standard InChI is InChI=1S/C14H9BrFN3O/c15-12-4-3-10(16)6-9(12)8-19-14(20)11-2-1-5-17-13(11)7-18-19/h1-7H,8H2. The van der Waals surface area contributed by atoms with Crippen molar-refractivity contribution in [3.05, 3.63) is 68.9 Å². The maximum atomic E-state index is 13.3. The summed E-state index contributed by atoms with van der Waals surface area (Å²) in [5.41, 5.74) is 0.960. The third-order valence-electron chi connectivity index (χ3n) is 2.95. The second kappa shape index (κ2) is 5.13. The van der Waals surface area contributed by atoms with Gasteiger partial charge in [0.05, 0.1) is 23.6 Å². The van der Waals surface area contributed by atoms with E-state index in [2.05, 4.69) is 26.0 Å². The highest BCUT2D eigenvalue weighted by Gasteiger charge is 2.08. The minimum Gasteiger partial charge on any atom is -0.267 e. The molecule has 100 valence electrons. The molecule has 1 aromatic carbocycles. The van der Waals surface area contributed by atoms with Gasteiger partial charge in [0.25, 0.3) is 5.56 Å². The van der Waals surface area contributed by atoms with Crippen molar-refractivity contribution < 1.29 is 4.39 Å². The van der Waals surface area contributed by atoms with Crippen LogP contribution in [0.3, 0.4) is 0 Å². The molecule has 0 saturated heterocycles. The highest BCUT2D eigenvalue weighted by atomic mass is 79.9. The highest BCUT2D eigenvalue weighted by Crippen LogP contribution is 2.18. The minimum atomic E-state index is -0.348. The normalized spacial score (nSPS) is 10.9. The Morgan fingerprint density at radius 3 is 3.00 bits per heavy atom. The van der Waals surface area contributed by atoms with Crippen LogP contribution in [0.15, 0.2) is 52.0 Å². The van der Waals surface area contributed by atoms with Crippen molar-refractivity contribution >= 4 is 26.8 Å². The lowest BCUT2D eigenvalue weighted by Gasteiger charge is -2.07. The molecule has 0 N–H and O–H groups in total. The highest BCUT2D eigenvalue weighted by molar-refractivity contribution is 9.10. The zero-order chi connectivity index (χ0) is 14.1. The summed E-state index contributed by atoms with van der Waals surface area (Å²) in [7, 11) is 0. The van der Waals surface area contributed by atoms with Gasteiger partial charge >= 0.3 is 0 Å². The molecule has 6 heteroatoms. The van der Waals surface area contributed by atoms with E-state index in [1.165, 1.54) is 23.0 Å². The van der Waals surface area contributed by atoms with E-state index in [0.717, 1.165) is 4.47 Å². The fourth-order valence-corrected chi connectivity index (χ4v) is 2.33. The summed E-state index contributed by atoms with van der Waals surface area (Å²) in [5.74, 6) is -0.348. The van der Waals surface area contributed by atoms with Gasteiger partial charge in [-0.2, -0.15) is 5.10 Å². The second-order valence-electron chi connectivity index (χ2n) is 4.28. The van der Waals surface area contributed by atoms with E-state index in [0.29, 0.717) is 16.5 Å². The van der Waals surface area contributed by atoms with Crippen LogP contribution in [0.1, 0.15) is 5.56 Å². The Morgan fingerprint density at radius 1 is 1.30 bits per heavy atom. The number of fused-ring (bicyclic) bond motifs is 1. The lowest BCUT2D eigenvalue weighted by atomic mass is 10.2. The van der Waals surface area contributed by atoms with Crippen LogP contribution < -0.4 is 5.56 Å². The molecule has 0 saturated carbocycles. The fourth-order valence-electron chi connectivity index (χ4n) is 1.96. The Labute approximate surface area is 122 Å². The number of pyridine rings is 1. The first-order valence-electron chi connectivity index (χ1n) is 5.90. The van der Waals surface area contributed by atoms with E-state index in [4.69, 9.17) is 0 Å². The van der Waals surface area contributed by atoms with Crippen LogP contribution in [0.25, 0.3) is 10.9 Å². The molecule has 3 rings (SSSR count). The van der Waals surface area contributed by atoms with Gasteiger partial charge in [0.15, 0.2) is 0 Å². The van der Waals surface area contributed by atoms with Gasteiger partial charge in [-0.3, -0.25) is 9.78 Å². The summed E-state index contributed by atoms with van der Waals surface area (Å²) in [6, 6.07) is 7.74. The van der Waals surface area contributed by atoms with Gasteiger partial charge in [0, 0.05) is 10.7 Å². The van der Waals surface area contributed by atoms with E-state index >= 15 is 0 Å². The van der Waals surface area contributed by atoms with Crippen LogP contribution in [0.5, 0.6) is 0 Å². The van der Waals surface area contributed by atoms with Crippen LogP contribution in [0, 0.1) is 5.82 Å². The van der Waals surface area contributed by atoms with Crippen LogP contribution in [-0.2, 0) is 6.54 Å². The smallest absolute Gasteiger partial charge is 0.267 e. The SMILES string of the molecule is O=c1c2cccnc2cnn1Cc1cc(F)ccc1Br. The van der Waals surface area contributed by atoms with E-state index in [-0.39, 0.29) is 17.9 Å². The largest absolute Gasteiger partial charge is 0.276 e.